The van der Waals surface area contributed by atoms with Crippen LogP contribution in [0, 0.1) is 0 Å². The molecule has 0 nitrogen and oxygen atoms in total. The van der Waals surface area contributed by atoms with Crippen LogP contribution in [0.15, 0.2) is 11.4 Å². The summed E-state index contributed by atoms with van der Waals surface area (Å²) in [5, 5.41) is 2.29. The van der Waals surface area contributed by atoms with Gasteiger partial charge >= 0.3 is 0 Å². The third-order valence-corrected chi connectivity index (χ3v) is 3.01. The molecule has 0 N–H and O–H groups in total. The number of aryl methyl sites for hydroxylation is 1. The molecule has 0 bridgehead atoms. The van der Waals surface area contributed by atoms with Crippen LogP contribution in [0.5, 0.6) is 0 Å². The van der Waals surface area contributed by atoms with Crippen molar-refractivity contribution in [3.63, 3.8) is 0 Å². The average molecular weight is 180 g/mol. The molecule has 0 fully saturated rings. The summed E-state index contributed by atoms with van der Waals surface area (Å²) in [4.78, 5) is 0. The van der Waals surface area contributed by atoms with Crippen LogP contribution in [0.3, 0.4) is 0 Å². The molecule has 0 radical (unpaired) electrons. The summed E-state index contributed by atoms with van der Waals surface area (Å²) >= 11 is 1.87. The first-order chi connectivity index (χ1) is 5.83. The van der Waals surface area contributed by atoms with Gasteiger partial charge in [-0.25, -0.2) is 0 Å². The van der Waals surface area contributed by atoms with Crippen molar-refractivity contribution in [3.8, 4) is 0 Å². The zero-order chi connectivity index (χ0) is 8.81. The van der Waals surface area contributed by atoms with E-state index in [4.69, 9.17) is 0 Å². The van der Waals surface area contributed by atoms with Gasteiger partial charge in [0.2, 0.25) is 0 Å². The van der Waals surface area contributed by atoms with E-state index in [-0.39, 0.29) is 0 Å². The van der Waals surface area contributed by atoms with Gasteiger partial charge in [-0.3, -0.25) is 0 Å². The Bertz CT molecular complexity index is 217. The highest BCUT2D eigenvalue weighted by Gasteiger charge is 1.95. The quantitative estimate of drug-likeness (QED) is 0.481. The molecule has 12 heavy (non-hydrogen) atoms. The molecular weight excluding hydrogens is 163 g/mol. The predicted octanol–water partition coefficient (Wildman–Crippen LogP) is 2.13. The normalized spacial score (nSPS) is 10.4. The Hall–Kier alpha value is -0.235. The molecule has 0 aliphatic heterocycles. The van der Waals surface area contributed by atoms with Crippen molar-refractivity contribution < 1.29 is 0 Å². The Morgan fingerprint density at radius 1 is 1.33 bits per heavy atom. The lowest BCUT2D eigenvalue weighted by Gasteiger charge is -1.96. The second-order valence-corrected chi connectivity index (χ2v) is 4.49. The first-order valence-electron chi connectivity index (χ1n) is 4.87. The van der Waals surface area contributed by atoms with Crippen LogP contribution in [0.25, 0.3) is 0 Å². The lowest BCUT2D eigenvalue weighted by molar-refractivity contribution is 0.667. The lowest BCUT2D eigenvalue weighted by Crippen LogP contribution is -1.91. The van der Waals surface area contributed by atoms with E-state index in [9.17, 15) is 0 Å². The summed E-state index contributed by atoms with van der Waals surface area (Å²) < 4.78 is 1.44. The van der Waals surface area contributed by atoms with E-state index in [0.717, 1.165) is 0 Å². The van der Waals surface area contributed by atoms with E-state index in [1.54, 1.807) is 0 Å². The molecular formula is C10H17BS. The fraction of sp³-hybridized carbons (Fsp3) is 0.600. The van der Waals surface area contributed by atoms with Gasteiger partial charge in [0.1, 0.15) is 0 Å². The van der Waals surface area contributed by atoms with Crippen LogP contribution >= 0.6 is 11.3 Å². The first-order valence-corrected chi connectivity index (χ1v) is 5.75. The Morgan fingerprint density at radius 3 is 2.75 bits per heavy atom. The summed E-state index contributed by atoms with van der Waals surface area (Å²) in [7, 11) is 2.18. The SMILES string of the molecule is Bc1cc(CCCCCC)cs1. The van der Waals surface area contributed by atoms with E-state index in [1.807, 2.05) is 11.3 Å². The molecule has 1 rings (SSSR count). The molecule has 0 aliphatic rings. The fourth-order valence-corrected chi connectivity index (χ4v) is 2.13. The van der Waals surface area contributed by atoms with E-state index < -0.39 is 0 Å². The number of rotatable bonds is 5. The first kappa shape index (κ1) is 9.85. The van der Waals surface area contributed by atoms with Gasteiger partial charge in [-0.2, -0.15) is 11.3 Å². The van der Waals surface area contributed by atoms with Gasteiger partial charge in [-0.05, 0) is 28.6 Å². The molecule has 0 saturated heterocycles. The molecule has 0 saturated carbocycles. The van der Waals surface area contributed by atoms with Crippen molar-refractivity contribution in [1.29, 1.82) is 0 Å². The zero-order valence-corrected chi connectivity index (χ0v) is 8.91. The van der Waals surface area contributed by atoms with Crippen LogP contribution in [0.1, 0.15) is 38.2 Å². The van der Waals surface area contributed by atoms with E-state index in [2.05, 4.69) is 26.2 Å². The maximum Gasteiger partial charge on any atom is 0.152 e. The van der Waals surface area contributed by atoms with Crippen molar-refractivity contribution in [1.82, 2.24) is 0 Å². The van der Waals surface area contributed by atoms with Crippen molar-refractivity contribution >= 4 is 24.0 Å². The van der Waals surface area contributed by atoms with Crippen LogP contribution in [-0.2, 0) is 6.42 Å². The van der Waals surface area contributed by atoms with Crippen molar-refractivity contribution in [2.24, 2.45) is 0 Å². The number of thiophene rings is 1. The number of hydrogen-bond acceptors (Lipinski definition) is 1. The van der Waals surface area contributed by atoms with Crippen LogP contribution in [0.2, 0.25) is 0 Å². The largest absolute Gasteiger partial charge is 0.159 e. The zero-order valence-electron chi connectivity index (χ0n) is 8.10. The van der Waals surface area contributed by atoms with Gasteiger partial charge in [-0.1, -0.05) is 32.3 Å². The van der Waals surface area contributed by atoms with Crippen molar-refractivity contribution in [3.05, 3.63) is 17.0 Å². The minimum Gasteiger partial charge on any atom is -0.159 e. The highest BCUT2D eigenvalue weighted by Crippen LogP contribution is 2.09. The standard InChI is InChI=1S/C10H17BS/c1-2-3-4-5-6-9-7-10(11)12-8-9/h7-8H,2-6,11H2,1H3. The Morgan fingerprint density at radius 2 is 2.17 bits per heavy atom. The van der Waals surface area contributed by atoms with E-state index in [1.165, 1.54) is 42.4 Å². The fourth-order valence-electron chi connectivity index (χ4n) is 1.38. The summed E-state index contributed by atoms with van der Waals surface area (Å²) in [6.45, 7) is 2.26. The maximum absolute atomic E-state index is 2.32. The molecule has 66 valence electrons. The molecule has 1 aromatic rings. The Kier molecular flexibility index (Phi) is 4.45. The van der Waals surface area contributed by atoms with Gasteiger partial charge in [0.05, 0.1) is 0 Å². The molecule has 0 amide bonds. The topological polar surface area (TPSA) is 0 Å². The van der Waals surface area contributed by atoms with E-state index >= 15 is 0 Å². The number of hydrogen-bond donors (Lipinski definition) is 0. The summed E-state index contributed by atoms with van der Waals surface area (Å²) in [5.41, 5.74) is 1.54. The van der Waals surface area contributed by atoms with Crippen LogP contribution in [-0.4, -0.2) is 7.85 Å². The highest BCUT2D eigenvalue weighted by atomic mass is 32.1. The molecule has 1 heterocycles. The van der Waals surface area contributed by atoms with Gasteiger partial charge in [0, 0.05) is 0 Å². The Labute approximate surface area is 80.4 Å². The smallest absolute Gasteiger partial charge is 0.152 e. The summed E-state index contributed by atoms with van der Waals surface area (Å²) in [6, 6.07) is 2.32. The van der Waals surface area contributed by atoms with Gasteiger partial charge < -0.3 is 0 Å². The second kappa shape index (κ2) is 5.42. The van der Waals surface area contributed by atoms with Crippen molar-refractivity contribution in [2.45, 2.75) is 39.0 Å². The lowest BCUT2D eigenvalue weighted by atomic mass is 10.0. The third kappa shape index (κ3) is 3.44. The van der Waals surface area contributed by atoms with Crippen LogP contribution in [0.4, 0.5) is 0 Å². The third-order valence-electron chi connectivity index (χ3n) is 2.10. The molecule has 0 aromatic carbocycles. The molecule has 0 aliphatic carbocycles. The van der Waals surface area contributed by atoms with Gasteiger partial charge in [-0.15, -0.1) is 0 Å². The average Bonchev–Trinajstić information content (AvgIpc) is 2.45. The van der Waals surface area contributed by atoms with Gasteiger partial charge in [0.25, 0.3) is 0 Å². The minimum absolute atomic E-state index is 1.28. The minimum atomic E-state index is 1.28. The summed E-state index contributed by atoms with van der Waals surface area (Å²) in [6.07, 6.45) is 6.77. The molecule has 0 atom stereocenters. The number of unbranched alkanes of at least 4 members (excludes halogenated alkanes) is 3. The summed E-state index contributed by atoms with van der Waals surface area (Å²) in [5.74, 6) is 0. The van der Waals surface area contributed by atoms with Crippen LogP contribution < -0.4 is 4.78 Å². The Balaban J connectivity index is 2.15. The second-order valence-electron chi connectivity index (χ2n) is 3.38. The molecule has 0 unspecified atom stereocenters. The predicted molar refractivity (Wildman–Crippen MR) is 60.3 cm³/mol. The van der Waals surface area contributed by atoms with Crippen molar-refractivity contribution in [2.75, 3.05) is 0 Å². The monoisotopic (exact) mass is 180 g/mol. The van der Waals surface area contributed by atoms with Gasteiger partial charge in [0.15, 0.2) is 7.85 Å². The molecule has 1 aromatic heterocycles. The highest BCUT2D eigenvalue weighted by molar-refractivity contribution is 7.18. The molecule has 2 heteroatoms. The maximum atomic E-state index is 2.32. The van der Waals surface area contributed by atoms with E-state index in [0.29, 0.717) is 0 Å². The molecule has 0 spiro atoms.